The van der Waals surface area contributed by atoms with Crippen molar-refractivity contribution in [1.82, 2.24) is 4.98 Å². The van der Waals surface area contributed by atoms with Gasteiger partial charge in [-0.3, -0.25) is 10.1 Å². The molecule has 0 amide bonds. The van der Waals surface area contributed by atoms with E-state index in [0.717, 1.165) is 40.7 Å². The normalized spacial score (nSPS) is 12.1. The molecule has 1 atom stereocenters. The monoisotopic (exact) mass is 399 g/mol. The van der Waals surface area contributed by atoms with E-state index >= 15 is 0 Å². The predicted molar refractivity (Wildman–Crippen MR) is 122 cm³/mol. The maximum Gasteiger partial charge on any atom is 0.269 e. The summed E-state index contributed by atoms with van der Waals surface area (Å²) in [6.45, 7) is 6.24. The van der Waals surface area contributed by atoms with Crippen molar-refractivity contribution >= 4 is 22.3 Å². The zero-order chi connectivity index (χ0) is 21.1. The van der Waals surface area contributed by atoms with Crippen LogP contribution in [0.4, 0.5) is 11.4 Å². The minimum absolute atomic E-state index is 0.0206. The number of rotatable bonds is 7. The van der Waals surface area contributed by atoms with Gasteiger partial charge in [0.15, 0.2) is 0 Å². The number of nitro groups is 1. The summed E-state index contributed by atoms with van der Waals surface area (Å²) in [7, 11) is 0. The highest BCUT2D eigenvalue weighted by molar-refractivity contribution is 5.84. The lowest BCUT2D eigenvalue weighted by atomic mass is 9.85. The van der Waals surface area contributed by atoms with Crippen molar-refractivity contribution in [2.75, 3.05) is 18.0 Å². The number of hydrogen-bond donors (Lipinski definition) is 1. The lowest BCUT2D eigenvalue weighted by Gasteiger charge is -2.23. The number of non-ortho nitro benzene ring substituents is 1. The molecular weight excluding hydrogens is 374 g/mol. The molecule has 0 fully saturated rings. The Morgan fingerprint density at radius 2 is 1.50 bits per heavy atom. The highest BCUT2D eigenvalue weighted by atomic mass is 16.6. The second-order valence-corrected chi connectivity index (χ2v) is 7.34. The maximum absolute atomic E-state index is 11.1. The minimum atomic E-state index is -0.358. The molecule has 1 heterocycles. The summed E-state index contributed by atoms with van der Waals surface area (Å²) in [5.41, 5.74) is 5.73. The van der Waals surface area contributed by atoms with Crippen molar-refractivity contribution in [1.29, 1.82) is 0 Å². The van der Waals surface area contributed by atoms with Crippen LogP contribution in [0.2, 0.25) is 0 Å². The van der Waals surface area contributed by atoms with E-state index in [1.807, 2.05) is 24.3 Å². The highest BCUT2D eigenvalue weighted by Crippen LogP contribution is 2.37. The van der Waals surface area contributed by atoms with Gasteiger partial charge in [0.25, 0.3) is 5.69 Å². The smallest absolute Gasteiger partial charge is 0.269 e. The molecule has 1 unspecified atom stereocenters. The number of aromatic amines is 1. The van der Waals surface area contributed by atoms with E-state index in [9.17, 15) is 10.1 Å². The van der Waals surface area contributed by atoms with Gasteiger partial charge in [-0.05, 0) is 48.7 Å². The molecule has 4 aromatic rings. The van der Waals surface area contributed by atoms with Crippen LogP contribution in [0.1, 0.15) is 36.5 Å². The van der Waals surface area contributed by atoms with Crippen molar-refractivity contribution in [2.45, 2.75) is 19.8 Å². The minimum Gasteiger partial charge on any atom is -0.372 e. The van der Waals surface area contributed by atoms with Gasteiger partial charge in [-0.25, -0.2) is 0 Å². The molecule has 0 aliphatic carbocycles. The number of nitrogens with zero attached hydrogens (tertiary/aromatic N) is 2. The molecule has 0 bridgehead atoms. The third-order valence-corrected chi connectivity index (χ3v) is 5.72. The van der Waals surface area contributed by atoms with Crippen molar-refractivity contribution in [3.63, 3.8) is 0 Å². The molecule has 0 spiro atoms. The van der Waals surface area contributed by atoms with Crippen LogP contribution < -0.4 is 4.90 Å². The average Bonchev–Trinajstić information content (AvgIpc) is 3.20. The van der Waals surface area contributed by atoms with E-state index < -0.39 is 0 Å². The third-order valence-electron chi connectivity index (χ3n) is 5.72. The van der Waals surface area contributed by atoms with Crippen LogP contribution in [-0.2, 0) is 0 Å². The fraction of sp³-hybridized carbons (Fsp3) is 0.200. The van der Waals surface area contributed by atoms with Gasteiger partial charge in [0, 0.05) is 53.9 Å². The quantitative estimate of drug-likeness (QED) is 0.302. The summed E-state index contributed by atoms with van der Waals surface area (Å²) in [5.74, 6) is -0.0206. The Kier molecular flexibility index (Phi) is 5.53. The molecule has 1 aromatic heterocycles. The van der Waals surface area contributed by atoms with Crippen LogP contribution in [-0.4, -0.2) is 23.0 Å². The fourth-order valence-electron chi connectivity index (χ4n) is 4.14. The first-order valence-corrected chi connectivity index (χ1v) is 10.3. The number of hydrogen-bond acceptors (Lipinski definition) is 3. The Balaban J connectivity index is 1.82. The Morgan fingerprint density at radius 3 is 2.10 bits per heavy atom. The van der Waals surface area contributed by atoms with Crippen LogP contribution in [0, 0.1) is 10.1 Å². The molecule has 30 heavy (non-hydrogen) atoms. The molecule has 0 aliphatic heterocycles. The van der Waals surface area contributed by atoms with E-state index in [4.69, 9.17) is 0 Å². The number of benzene rings is 3. The van der Waals surface area contributed by atoms with E-state index in [1.54, 1.807) is 12.1 Å². The Labute approximate surface area is 176 Å². The van der Waals surface area contributed by atoms with Crippen molar-refractivity contribution in [3.05, 3.63) is 106 Å². The van der Waals surface area contributed by atoms with E-state index in [-0.39, 0.29) is 16.5 Å². The van der Waals surface area contributed by atoms with Crippen molar-refractivity contribution < 1.29 is 4.92 Å². The molecule has 5 nitrogen and oxygen atoms in total. The standard InChI is InChI=1S/C25H25N3O2/c1-3-27(4-2)20-13-9-18(10-14-20)25(19-11-15-21(16-12-19)28(29)30)23-17-26-24-8-6-5-7-22(23)24/h5-17,25-26H,3-4H2,1-2H3. The second kappa shape index (κ2) is 8.41. The molecule has 4 rings (SSSR count). The summed E-state index contributed by atoms with van der Waals surface area (Å²) in [4.78, 5) is 16.4. The first-order valence-electron chi connectivity index (χ1n) is 10.3. The van der Waals surface area contributed by atoms with E-state index in [1.165, 1.54) is 5.69 Å². The highest BCUT2D eigenvalue weighted by Gasteiger charge is 2.21. The van der Waals surface area contributed by atoms with Crippen molar-refractivity contribution in [3.8, 4) is 0 Å². The largest absolute Gasteiger partial charge is 0.372 e. The first-order chi connectivity index (χ1) is 14.6. The Hall–Kier alpha value is -3.60. The number of H-pyrrole nitrogens is 1. The molecule has 0 aliphatic rings. The molecule has 5 heteroatoms. The van der Waals surface area contributed by atoms with Crippen molar-refractivity contribution in [2.24, 2.45) is 0 Å². The lowest BCUT2D eigenvalue weighted by Crippen LogP contribution is -2.21. The number of anilines is 1. The van der Waals surface area contributed by atoms with Gasteiger partial charge in [0.2, 0.25) is 0 Å². The fourth-order valence-corrected chi connectivity index (χ4v) is 4.14. The first kappa shape index (κ1) is 19.7. The summed E-state index contributed by atoms with van der Waals surface area (Å²) >= 11 is 0. The summed E-state index contributed by atoms with van der Waals surface area (Å²) in [5, 5.41) is 12.3. The lowest BCUT2D eigenvalue weighted by molar-refractivity contribution is -0.384. The van der Waals surface area contributed by atoms with E-state index in [2.05, 4.69) is 66.3 Å². The van der Waals surface area contributed by atoms with Gasteiger partial charge in [-0.15, -0.1) is 0 Å². The molecule has 152 valence electrons. The number of aromatic nitrogens is 1. The zero-order valence-electron chi connectivity index (χ0n) is 17.2. The van der Waals surface area contributed by atoms with Crippen LogP contribution in [0.3, 0.4) is 0 Å². The topological polar surface area (TPSA) is 62.2 Å². The Morgan fingerprint density at radius 1 is 0.900 bits per heavy atom. The average molecular weight is 399 g/mol. The molecule has 0 saturated heterocycles. The van der Waals surface area contributed by atoms with Crippen LogP contribution in [0.5, 0.6) is 0 Å². The summed E-state index contributed by atoms with van der Waals surface area (Å²) in [6, 6.07) is 23.8. The maximum atomic E-state index is 11.1. The van der Waals surface area contributed by atoms with Gasteiger partial charge in [-0.2, -0.15) is 0 Å². The summed E-state index contributed by atoms with van der Waals surface area (Å²) in [6.07, 6.45) is 2.05. The number of fused-ring (bicyclic) bond motifs is 1. The third kappa shape index (κ3) is 3.66. The van der Waals surface area contributed by atoms with Gasteiger partial charge in [-0.1, -0.05) is 42.5 Å². The van der Waals surface area contributed by atoms with Crippen LogP contribution >= 0.6 is 0 Å². The predicted octanol–water partition coefficient (Wildman–Crippen LogP) is 6.10. The van der Waals surface area contributed by atoms with E-state index in [0.29, 0.717) is 0 Å². The SMILES string of the molecule is CCN(CC)c1ccc(C(c2ccc([N+](=O)[O-])cc2)c2c[nH]c3ccccc23)cc1. The summed E-state index contributed by atoms with van der Waals surface area (Å²) < 4.78 is 0. The Bertz CT molecular complexity index is 1140. The molecular formula is C25H25N3O2. The van der Waals surface area contributed by atoms with Gasteiger partial charge < -0.3 is 9.88 Å². The van der Waals surface area contributed by atoms with Gasteiger partial charge in [0.05, 0.1) is 4.92 Å². The van der Waals surface area contributed by atoms with Gasteiger partial charge in [0.1, 0.15) is 0 Å². The molecule has 1 N–H and O–H groups in total. The van der Waals surface area contributed by atoms with Crippen LogP contribution in [0.15, 0.2) is 79.0 Å². The molecule has 0 saturated carbocycles. The van der Waals surface area contributed by atoms with Crippen LogP contribution in [0.25, 0.3) is 10.9 Å². The second-order valence-electron chi connectivity index (χ2n) is 7.34. The molecule has 0 radical (unpaired) electrons. The van der Waals surface area contributed by atoms with Gasteiger partial charge >= 0.3 is 0 Å². The number of nitrogens with one attached hydrogen (secondary N) is 1. The zero-order valence-corrected chi connectivity index (χ0v) is 17.2. The number of para-hydroxylation sites is 1. The molecule has 3 aromatic carbocycles. The number of nitro benzene ring substituents is 1.